The molecule has 2 bridgehead atoms. The lowest BCUT2D eigenvalue weighted by Crippen LogP contribution is -2.27. The van der Waals surface area contributed by atoms with Crippen LogP contribution in [0.15, 0.2) is 66.2 Å². The van der Waals surface area contributed by atoms with E-state index in [4.69, 9.17) is 21.5 Å². The van der Waals surface area contributed by atoms with Gasteiger partial charge in [-0.25, -0.2) is 9.78 Å². The van der Waals surface area contributed by atoms with E-state index in [0.29, 0.717) is 63.9 Å². The molecule has 0 unspecified atom stereocenters. The van der Waals surface area contributed by atoms with Crippen molar-refractivity contribution in [1.29, 1.82) is 0 Å². The Bertz CT molecular complexity index is 2100. The average Bonchev–Trinajstić information content (AvgIpc) is 3.73. The van der Waals surface area contributed by atoms with Gasteiger partial charge in [-0.2, -0.15) is 23.0 Å². The molecule has 1 aliphatic rings. The minimum atomic E-state index is -5.08. The molecule has 0 saturated carbocycles. The van der Waals surface area contributed by atoms with E-state index < -0.39 is 30.7 Å². The van der Waals surface area contributed by atoms with Gasteiger partial charge in [0.25, 0.3) is 5.56 Å². The van der Waals surface area contributed by atoms with Gasteiger partial charge in [-0.15, -0.1) is 5.10 Å². The summed E-state index contributed by atoms with van der Waals surface area (Å²) in [6.07, 6.45) is 2.55. The first-order chi connectivity index (χ1) is 23.7. The zero-order valence-electron chi connectivity index (χ0n) is 25.8. The maximum Gasteiger partial charge on any atom is 0.490 e. The average molecular weight is 715 g/mol. The lowest BCUT2D eigenvalue weighted by atomic mass is 9.97. The van der Waals surface area contributed by atoms with E-state index >= 15 is 0 Å². The number of halogens is 4. The monoisotopic (exact) mass is 714 g/mol. The van der Waals surface area contributed by atoms with Crippen molar-refractivity contribution in [1.82, 2.24) is 44.5 Å². The molecule has 6 rings (SSSR count). The number of carboxylic acid groups (broad SMARTS) is 2. The van der Waals surface area contributed by atoms with Crippen LogP contribution in [0.2, 0.25) is 5.02 Å². The Labute approximate surface area is 284 Å². The van der Waals surface area contributed by atoms with Crippen molar-refractivity contribution in [3.8, 4) is 28.2 Å². The number of pyridine rings is 1. The summed E-state index contributed by atoms with van der Waals surface area (Å²) in [5.74, 6) is -4.38. The summed E-state index contributed by atoms with van der Waals surface area (Å²) >= 11 is 6.29. The molecule has 1 aromatic carbocycles. The first kappa shape index (κ1) is 35.3. The van der Waals surface area contributed by atoms with Crippen molar-refractivity contribution in [2.75, 3.05) is 5.32 Å². The van der Waals surface area contributed by atoms with Gasteiger partial charge in [0.2, 0.25) is 5.91 Å². The number of carboxylic acids is 2. The van der Waals surface area contributed by atoms with E-state index in [1.807, 2.05) is 6.92 Å². The standard InChI is InChI=1S/C28H25ClN10O4.C2HF3O2/c1-16-3-2-4-24(21-9-17(7-8-30-21)27-22(34-28(16)43)12-33-38(27)13-26(41)42)37-14-31-20(11-25(37)40)19-10-18(29)5-6-23(19)39-15-32-35-36-39;3-2(4,5)1(6)7/h5-12,14-16,24H,2-4,13H2,1H3,(H,34,43)(H,41,42);(H,6,7)/t16-,24+;/m1./s1. The van der Waals surface area contributed by atoms with Crippen LogP contribution < -0.4 is 10.9 Å². The molecule has 4 aromatic heterocycles. The molecular weight excluding hydrogens is 689 g/mol. The van der Waals surface area contributed by atoms with Crippen LogP contribution in [0.3, 0.4) is 0 Å². The number of hydrogen-bond donors (Lipinski definition) is 3. The molecule has 0 spiro atoms. The number of hydrogen-bond acceptors (Lipinski definition) is 10. The Kier molecular flexibility index (Phi) is 10.3. The molecule has 0 radical (unpaired) electrons. The summed E-state index contributed by atoms with van der Waals surface area (Å²) in [4.78, 5) is 56.4. The highest BCUT2D eigenvalue weighted by Crippen LogP contribution is 2.33. The second kappa shape index (κ2) is 14.6. The first-order valence-electron chi connectivity index (χ1n) is 14.7. The van der Waals surface area contributed by atoms with E-state index in [2.05, 4.69) is 35.9 Å². The predicted molar refractivity (Wildman–Crippen MR) is 168 cm³/mol. The summed E-state index contributed by atoms with van der Waals surface area (Å²) < 4.78 is 36.0. The molecule has 260 valence electrons. The normalized spacial score (nSPS) is 16.1. The van der Waals surface area contributed by atoms with Crippen molar-refractivity contribution in [3.05, 3.63) is 82.5 Å². The zero-order chi connectivity index (χ0) is 36.2. The Balaban J connectivity index is 0.000000630. The van der Waals surface area contributed by atoms with Crippen LogP contribution in [0, 0.1) is 5.92 Å². The van der Waals surface area contributed by atoms with Crippen molar-refractivity contribution in [2.24, 2.45) is 5.92 Å². The summed E-state index contributed by atoms with van der Waals surface area (Å²) in [7, 11) is 0. The molecule has 0 fully saturated rings. The number of alkyl halides is 3. The summed E-state index contributed by atoms with van der Waals surface area (Å²) in [6, 6.07) is 9.54. The fourth-order valence-corrected chi connectivity index (χ4v) is 5.39. The third kappa shape index (κ3) is 8.00. The Morgan fingerprint density at radius 1 is 1.06 bits per heavy atom. The number of benzene rings is 1. The van der Waals surface area contributed by atoms with Crippen LogP contribution in [0.1, 0.15) is 37.9 Å². The fraction of sp³-hybridized carbons (Fsp3) is 0.267. The highest BCUT2D eigenvalue weighted by Gasteiger charge is 2.38. The molecule has 1 amide bonds. The molecule has 0 aliphatic carbocycles. The Morgan fingerprint density at radius 3 is 2.48 bits per heavy atom. The van der Waals surface area contributed by atoms with Crippen LogP contribution in [0.4, 0.5) is 18.9 Å². The highest BCUT2D eigenvalue weighted by molar-refractivity contribution is 6.31. The number of rotatable bonds is 5. The summed E-state index contributed by atoms with van der Waals surface area (Å²) in [5, 5.41) is 35.5. The van der Waals surface area contributed by atoms with Gasteiger partial charge in [-0.05, 0) is 53.6 Å². The number of carbonyl (C=O) groups excluding carboxylic acids is 1. The van der Waals surface area contributed by atoms with E-state index in [0.717, 1.165) is 0 Å². The molecule has 1 aliphatic heterocycles. The molecule has 50 heavy (non-hydrogen) atoms. The molecule has 2 atom stereocenters. The smallest absolute Gasteiger partial charge is 0.480 e. The van der Waals surface area contributed by atoms with Gasteiger partial charge in [0.15, 0.2) is 0 Å². The summed E-state index contributed by atoms with van der Waals surface area (Å²) in [5.41, 5.74) is 3.25. The third-order valence-electron chi connectivity index (χ3n) is 7.59. The maximum atomic E-state index is 13.7. The van der Waals surface area contributed by atoms with Gasteiger partial charge in [0.1, 0.15) is 12.9 Å². The predicted octanol–water partition coefficient (Wildman–Crippen LogP) is 3.86. The number of fused-ring (bicyclic) bond motifs is 4. The van der Waals surface area contributed by atoms with Gasteiger partial charge in [-0.3, -0.25) is 28.6 Å². The van der Waals surface area contributed by atoms with Crippen molar-refractivity contribution < 1.29 is 37.8 Å². The second-order valence-corrected chi connectivity index (χ2v) is 11.4. The molecule has 20 heteroatoms. The minimum Gasteiger partial charge on any atom is -0.480 e. The first-order valence-corrected chi connectivity index (χ1v) is 15.1. The van der Waals surface area contributed by atoms with Gasteiger partial charge in [-0.1, -0.05) is 24.9 Å². The quantitative estimate of drug-likeness (QED) is 0.237. The minimum absolute atomic E-state index is 0.203. The third-order valence-corrected chi connectivity index (χ3v) is 7.82. The number of amides is 1. The number of anilines is 1. The molecule has 5 aromatic rings. The highest BCUT2D eigenvalue weighted by atomic mass is 35.5. The van der Waals surface area contributed by atoms with E-state index in [9.17, 15) is 32.7 Å². The van der Waals surface area contributed by atoms with Crippen LogP contribution in [0.25, 0.3) is 28.2 Å². The number of aliphatic carboxylic acids is 2. The van der Waals surface area contributed by atoms with Crippen LogP contribution in [-0.4, -0.2) is 78.8 Å². The molecule has 0 saturated heterocycles. The van der Waals surface area contributed by atoms with E-state index in [1.54, 1.807) is 36.5 Å². The number of nitrogens with one attached hydrogen (secondary N) is 1. The summed E-state index contributed by atoms with van der Waals surface area (Å²) in [6.45, 7) is 1.42. The Morgan fingerprint density at radius 2 is 1.82 bits per heavy atom. The lowest BCUT2D eigenvalue weighted by Gasteiger charge is -2.22. The molecule has 16 nitrogen and oxygen atoms in total. The van der Waals surface area contributed by atoms with Gasteiger partial charge in [0.05, 0.1) is 47.0 Å². The number of nitrogens with zero attached hydrogens (tertiary/aromatic N) is 9. The Hall–Kier alpha value is -5.98. The van der Waals surface area contributed by atoms with Crippen molar-refractivity contribution in [3.63, 3.8) is 0 Å². The van der Waals surface area contributed by atoms with E-state index in [1.165, 1.54) is 38.8 Å². The lowest BCUT2D eigenvalue weighted by molar-refractivity contribution is -0.192. The maximum absolute atomic E-state index is 13.7. The van der Waals surface area contributed by atoms with Gasteiger partial charge < -0.3 is 15.5 Å². The fourth-order valence-electron chi connectivity index (χ4n) is 5.22. The molecule has 3 N–H and O–H groups in total. The van der Waals surface area contributed by atoms with Gasteiger partial charge >= 0.3 is 18.1 Å². The number of aromatic nitrogens is 9. The number of carbonyl (C=O) groups is 3. The van der Waals surface area contributed by atoms with E-state index in [-0.39, 0.29) is 17.4 Å². The van der Waals surface area contributed by atoms with Crippen molar-refractivity contribution in [2.45, 2.75) is 44.9 Å². The second-order valence-electron chi connectivity index (χ2n) is 11.0. The number of tetrazole rings is 1. The largest absolute Gasteiger partial charge is 0.490 e. The molecular formula is C30H26ClF3N10O6. The van der Waals surface area contributed by atoms with Gasteiger partial charge in [0, 0.05) is 34.3 Å². The SMILES string of the molecule is C[C@@H]1CCC[C@H](n2cnc(-c3cc(Cl)ccc3-n3cnnn3)cc2=O)c2cc(ccn2)-c2c(cnn2CC(=O)O)NC1=O.O=C(O)C(F)(F)F. The van der Waals surface area contributed by atoms with Crippen LogP contribution in [-0.2, 0) is 20.9 Å². The van der Waals surface area contributed by atoms with Crippen molar-refractivity contribution >= 4 is 35.1 Å². The van der Waals surface area contributed by atoms with Crippen LogP contribution in [0.5, 0.6) is 0 Å². The topological polar surface area (TPSA) is 213 Å². The van der Waals surface area contributed by atoms with Crippen LogP contribution >= 0.6 is 11.6 Å². The zero-order valence-corrected chi connectivity index (χ0v) is 26.6. The molecule has 5 heterocycles.